The fourth-order valence-electron chi connectivity index (χ4n) is 1.03. The zero-order valence-electron chi connectivity index (χ0n) is 7.44. The molecular weight excluding hydrogens is 268 g/mol. The minimum absolute atomic E-state index is 0.0405. The zero-order valence-corrected chi connectivity index (χ0v) is 9.02. The van der Waals surface area contributed by atoms with Crippen LogP contribution in [0.3, 0.4) is 0 Å². The summed E-state index contributed by atoms with van der Waals surface area (Å²) in [7, 11) is 0. The maximum Gasteiger partial charge on any atom is 0.272 e. The third-order valence-electron chi connectivity index (χ3n) is 1.76. The van der Waals surface area contributed by atoms with Crippen LogP contribution in [0.1, 0.15) is 10.4 Å². The highest BCUT2D eigenvalue weighted by molar-refractivity contribution is 9.09. The van der Waals surface area contributed by atoms with Gasteiger partial charge in [-0.3, -0.25) is 14.9 Å². The van der Waals surface area contributed by atoms with Gasteiger partial charge in [0, 0.05) is 12.1 Å². The van der Waals surface area contributed by atoms with Crippen molar-refractivity contribution in [3.8, 4) is 5.75 Å². The molecular formula is C8H7BrN2O4. The van der Waals surface area contributed by atoms with Crippen LogP contribution >= 0.6 is 15.9 Å². The summed E-state index contributed by atoms with van der Waals surface area (Å²) in [6.07, 6.45) is 0. The van der Waals surface area contributed by atoms with Gasteiger partial charge >= 0.3 is 0 Å². The molecule has 0 aliphatic rings. The summed E-state index contributed by atoms with van der Waals surface area (Å²) in [4.78, 5) is 21.1. The van der Waals surface area contributed by atoms with Crippen molar-refractivity contribution in [1.82, 2.24) is 0 Å². The second-order valence-corrected chi connectivity index (χ2v) is 3.31. The van der Waals surface area contributed by atoms with Crippen molar-refractivity contribution < 1.29 is 14.8 Å². The normalized spacial score (nSPS) is 9.93. The molecule has 1 rings (SSSR count). The largest absolute Gasteiger partial charge is 0.505 e. The van der Waals surface area contributed by atoms with Gasteiger partial charge in [-0.15, -0.1) is 0 Å². The van der Waals surface area contributed by atoms with Crippen molar-refractivity contribution in [2.75, 3.05) is 11.1 Å². The first-order valence-corrected chi connectivity index (χ1v) is 4.95. The standard InChI is InChI=1S/C8H7BrN2O4/c9-3-7(12)5-1-4(11(14)15)2-6(10)8(5)13/h1-2,13H,3,10H2. The molecule has 0 fully saturated rings. The first kappa shape index (κ1) is 11.4. The van der Waals surface area contributed by atoms with Crippen LogP contribution in [0.5, 0.6) is 5.75 Å². The predicted octanol–water partition coefficient (Wildman–Crippen LogP) is 1.46. The van der Waals surface area contributed by atoms with Gasteiger partial charge in [0.1, 0.15) is 5.75 Å². The van der Waals surface area contributed by atoms with Crippen LogP contribution in [0.25, 0.3) is 0 Å². The van der Waals surface area contributed by atoms with Gasteiger partial charge in [0.2, 0.25) is 0 Å². The molecule has 0 aromatic heterocycles. The Balaban J connectivity index is 3.37. The Morgan fingerprint density at radius 3 is 2.67 bits per heavy atom. The van der Waals surface area contributed by atoms with Crippen LogP contribution in [0.4, 0.5) is 11.4 Å². The summed E-state index contributed by atoms with van der Waals surface area (Å²) >= 11 is 2.90. The first-order chi connectivity index (χ1) is 6.97. The summed E-state index contributed by atoms with van der Waals surface area (Å²) in [6, 6.07) is 2.00. The number of non-ortho nitro benzene ring substituents is 1. The molecule has 0 amide bonds. The van der Waals surface area contributed by atoms with Gasteiger partial charge < -0.3 is 10.8 Å². The van der Waals surface area contributed by atoms with Crippen LogP contribution in [-0.2, 0) is 0 Å². The Hall–Kier alpha value is -1.63. The Kier molecular flexibility index (Phi) is 3.25. The fraction of sp³-hybridized carbons (Fsp3) is 0.125. The highest BCUT2D eigenvalue weighted by atomic mass is 79.9. The van der Waals surface area contributed by atoms with E-state index in [4.69, 9.17) is 5.73 Å². The average molecular weight is 275 g/mol. The number of nitrogens with zero attached hydrogens (tertiary/aromatic N) is 1. The number of nitro benzene ring substituents is 1. The van der Waals surface area contributed by atoms with E-state index in [-0.39, 0.29) is 22.3 Å². The Morgan fingerprint density at radius 2 is 2.20 bits per heavy atom. The highest BCUT2D eigenvalue weighted by Crippen LogP contribution is 2.30. The molecule has 15 heavy (non-hydrogen) atoms. The molecule has 3 N–H and O–H groups in total. The number of ketones is 1. The van der Waals surface area contributed by atoms with Crippen LogP contribution < -0.4 is 5.73 Å². The van der Waals surface area contributed by atoms with Gasteiger partial charge in [-0.1, -0.05) is 15.9 Å². The number of halogens is 1. The number of nitro groups is 1. The minimum atomic E-state index is -0.680. The molecule has 0 saturated heterocycles. The number of nitrogens with two attached hydrogens (primary N) is 1. The number of hydrogen-bond donors (Lipinski definition) is 2. The number of anilines is 1. The molecule has 0 unspecified atom stereocenters. The lowest BCUT2D eigenvalue weighted by Gasteiger charge is -2.04. The molecule has 7 heteroatoms. The molecule has 0 aliphatic heterocycles. The van der Waals surface area contributed by atoms with E-state index < -0.39 is 16.5 Å². The topological polar surface area (TPSA) is 106 Å². The second kappa shape index (κ2) is 4.26. The summed E-state index contributed by atoms with van der Waals surface area (Å²) in [6.45, 7) is 0. The average Bonchev–Trinajstić information content (AvgIpc) is 2.20. The van der Waals surface area contributed by atoms with Crippen molar-refractivity contribution in [3.63, 3.8) is 0 Å². The molecule has 6 nitrogen and oxygen atoms in total. The Labute approximate surface area is 93.0 Å². The van der Waals surface area contributed by atoms with Crippen LogP contribution in [0.15, 0.2) is 12.1 Å². The maximum atomic E-state index is 11.3. The lowest BCUT2D eigenvalue weighted by molar-refractivity contribution is -0.384. The summed E-state index contributed by atoms with van der Waals surface area (Å²) in [5.74, 6) is -0.895. The van der Waals surface area contributed by atoms with Crippen molar-refractivity contribution in [2.24, 2.45) is 0 Å². The third kappa shape index (κ3) is 2.24. The number of Topliss-reactive ketones (excluding diaryl/α,β-unsaturated/α-hetero) is 1. The van der Waals surface area contributed by atoms with Gasteiger partial charge in [0.25, 0.3) is 5.69 Å². The van der Waals surface area contributed by atoms with Crippen molar-refractivity contribution in [2.45, 2.75) is 0 Å². The van der Waals surface area contributed by atoms with Gasteiger partial charge in [0.15, 0.2) is 5.78 Å². The zero-order chi connectivity index (χ0) is 11.6. The van der Waals surface area contributed by atoms with Crippen LogP contribution in [0, 0.1) is 10.1 Å². The number of carbonyl (C=O) groups excluding carboxylic acids is 1. The molecule has 0 aliphatic carbocycles. The second-order valence-electron chi connectivity index (χ2n) is 2.75. The molecule has 0 radical (unpaired) electrons. The number of rotatable bonds is 3. The van der Waals surface area contributed by atoms with E-state index in [1.54, 1.807) is 0 Å². The number of alkyl halides is 1. The molecule has 0 saturated carbocycles. The van der Waals surface area contributed by atoms with Crippen LogP contribution in [-0.4, -0.2) is 21.1 Å². The van der Waals surface area contributed by atoms with Gasteiger partial charge in [-0.25, -0.2) is 0 Å². The van der Waals surface area contributed by atoms with Crippen molar-refractivity contribution in [1.29, 1.82) is 0 Å². The van der Waals surface area contributed by atoms with E-state index in [0.29, 0.717) is 0 Å². The molecule has 0 heterocycles. The highest BCUT2D eigenvalue weighted by Gasteiger charge is 2.18. The van der Waals surface area contributed by atoms with Crippen molar-refractivity contribution in [3.05, 3.63) is 27.8 Å². The number of phenols is 1. The van der Waals surface area contributed by atoms with E-state index >= 15 is 0 Å². The molecule has 0 spiro atoms. The molecule has 80 valence electrons. The van der Waals surface area contributed by atoms with Gasteiger partial charge in [-0.05, 0) is 0 Å². The number of hydrogen-bond acceptors (Lipinski definition) is 5. The summed E-state index contributed by atoms with van der Waals surface area (Å²) < 4.78 is 0. The van der Waals surface area contributed by atoms with Crippen molar-refractivity contribution >= 4 is 33.1 Å². The predicted molar refractivity (Wildman–Crippen MR) is 57.3 cm³/mol. The SMILES string of the molecule is Nc1cc([N+](=O)[O-])cc(C(=O)CBr)c1O. The summed E-state index contributed by atoms with van der Waals surface area (Å²) in [5, 5.41) is 19.8. The van der Waals surface area contributed by atoms with E-state index in [1.807, 2.05) is 0 Å². The number of aromatic hydroxyl groups is 1. The molecule has 0 bridgehead atoms. The number of carbonyl (C=O) groups is 1. The van der Waals surface area contributed by atoms with E-state index in [2.05, 4.69) is 15.9 Å². The monoisotopic (exact) mass is 274 g/mol. The minimum Gasteiger partial charge on any atom is -0.505 e. The Bertz CT molecular complexity index is 433. The molecule has 1 aromatic carbocycles. The maximum absolute atomic E-state index is 11.3. The van der Waals surface area contributed by atoms with Gasteiger partial charge in [-0.2, -0.15) is 0 Å². The molecule has 1 aromatic rings. The fourth-order valence-corrected chi connectivity index (χ4v) is 1.33. The number of benzene rings is 1. The van der Waals surface area contributed by atoms with Gasteiger partial charge in [0.05, 0.1) is 21.5 Å². The van der Waals surface area contributed by atoms with E-state index in [1.165, 1.54) is 0 Å². The van der Waals surface area contributed by atoms with E-state index in [0.717, 1.165) is 12.1 Å². The molecule has 0 atom stereocenters. The quantitative estimate of drug-likeness (QED) is 0.217. The number of nitrogen functional groups attached to an aromatic ring is 1. The smallest absolute Gasteiger partial charge is 0.272 e. The summed E-state index contributed by atoms with van der Waals surface area (Å²) in [5.41, 5.74) is 4.66. The lowest BCUT2D eigenvalue weighted by atomic mass is 10.1. The first-order valence-electron chi connectivity index (χ1n) is 3.83. The Morgan fingerprint density at radius 1 is 1.60 bits per heavy atom. The lowest BCUT2D eigenvalue weighted by Crippen LogP contribution is -2.03. The third-order valence-corrected chi connectivity index (χ3v) is 2.27. The number of phenolic OH excluding ortho intramolecular Hbond substituents is 1. The van der Waals surface area contributed by atoms with E-state index in [9.17, 15) is 20.0 Å². The van der Waals surface area contributed by atoms with Crippen LogP contribution in [0.2, 0.25) is 0 Å².